The Morgan fingerprint density at radius 3 is 3.00 bits per heavy atom. The van der Waals surface area contributed by atoms with Crippen molar-refractivity contribution in [1.29, 1.82) is 0 Å². The minimum Gasteiger partial charge on any atom is -0.334 e. The third-order valence-corrected chi connectivity index (χ3v) is 3.22. The molecule has 1 atom stereocenters. The van der Waals surface area contributed by atoms with Crippen molar-refractivity contribution >= 4 is 0 Å². The van der Waals surface area contributed by atoms with Gasteiger partial charge in [0.05, 0.1) is 6.04 Å². The molecular weight excluding hydrogens is 232 g/mol. The van der Waals surface area contributed by atoms with Crippen molar-refractivity contribution in [3.63, 3.8) is 0 Å². The summed E-state index contributed by atoms with van der Waals surface area (Å²) in [6, 6.07) is 3.08. The van der Waals surface area contributed by atoms with Gasteiger partial charge < -0.3 is 14.8 Å². The Labute approximate surface area is 103 Å². The zero-order chi connectivity index (χ0) is 12.7. The van der Waals surface area contributed by atoms with E-state index < -0.39 is 0 Å². The molecule has 0 aromatic carbocycles. The molecule has 0 saturated heterocycles. The molecule has 3 rings (SSSR count). The van der Waals surface area contributed by atoms with Crippen molar-refractivity contribution < 1.29 is 4.52 Å². The van der Waals surface area contributed by atoms with E-state index in [1.54, 1.807) is 19.3 Å². The summed E-state index contributed by atoms with van der Waals surface area (Å²) in [5, 5.41) is 3.89. The van der Waals surface area contributed by atoms with E-state index in [9.17, 15) is 4.79 Å². The number of hydrogen-bond donors (Lipinski definition) is 1. The van der Waals surface area contributed by atoms with Gasteiger partial charge in [-0.05, 0) is 24.8 Å². The quantitative estimate of drug-likeness (QED) is 0.867. The van der Waals surface area contributed by atoms with Gasteiger partial charge in [-0.2, -0.15) is 4.98 Å². The SMILES string of the molecule is Cn1ccc(-c2nc(C(N)C3CC3)no2)cc1=O. The summed E-state index contributed by atoms with van der Waals surface area (Å²) < 4.78 is 6.64. The molecule has 94 valence electrons. The van der Waals surface area contributed by atoms with Gasteiger partial charge in [0.1, 0.15) is 0 Å². The minimum absolute atomic E-state index is 0.112. The van der Waals surface area contributed by atoms with Gasteiger partial charge in [0.25, 0.3) is 11.4 Å². The third-order valence-electron chi connectivity index (χ3n) is 3.22. The normalized spacial score (nSPS) is 16.8. The number of rotatable bonds is 3. The standard InChI is InChI=1S/C12H14N4O2/c1-16-5-4-8(6-9(16)17)12-14-11(15-18-12)10(13)7-2-3-7/h4-7,10H,2-3,13H2,1H3. The summed E-state index contributed by atoms with van der Waals surface area (Å²) in [4.78, 5) is 15.8. The fraction of sp³-hybridized carbons (Fsp3) is 0.417. The van der Waals surface area contributed by atoms with Gasteiger partial charge in [0.15, 0.2) is 5.82 Å². The Morgan fingerprint density at radius 1 is 1.56 bits per heavy atom. The maximum atomic E-state index is 11.5. The van der Waals surface area contributed by atoms with E-state index in [-0.39, 0.29) is 11.6 Å². The maximum absolute atomic E-state index is 11.5. The highest BCUT2D eigenvalue weighted by Gasteiger charge is 2.32. The van der Waals surface area contributed by atoms with E-state index in [1.165, 1.54) is 10.6 Å². The Kier molecular flexibility index (Phi) is 2.52. The maximum Gasteiger partial charge on any atom is 0.258 e. The average Bonchev–Trinajstić information content (AvgIpc) is 3.09. The van der Waals surface area contributed by atoms with E-state index in [0.717, 1.165) is 12.8 Å². The predicted molar refractivity (Wildman–Crippen MR) is 64.6 cm³/mol. The van der Waals surface area contributed by atoms with Crippen LogP contribution in [-0.2, 0) is 7.05 Å². The Morgan fingerprint density at radius 2 is 2.33 bits per heavy atom. The molecule has 1 unspecified atom stereocenters. The van der Waals surface area contributed by atoms with Crippen LogP contribution in [0.1, 0.15) is 24.7 Å². The molecule has 0 amide bonds. The minimum atomic E-state index is -0.158. The molecule has 1 aliphatic carbocycles. The molecule has 2 aromatic heterocycles. The molecule has 0 bridgehead atoms. The lowest BCUT2D eigenvalue weighted by molar-refractivity contribution is 0.411. The Bertz CT molecular complexity index is 627. The van der Waals surface area contributed by atoms with E-state index in [1.807, 2.05) is 0 Å². The first-order valence-corrected chi connectivity index (χ1v) is 5.91. The van der Waals surface area contributed by atoms with Gasteiger partial charge >= 0.3 is 0 Å². The van der Waals surface area contributed by atoms with Crippen LogP contribution in [0.2, 0.25) is 0 Å². The fourth-order valence-corrected chi connectivity index (χ4v) is 1.84. The topological polar surface area (TPSA) is 86.9 Å². The van der Waals surface area contributed by atoms with Gasteiger partial charge in [0, 0.05) is 24.9 Å². The van der Waals surface area contributed by atoms with Crippen molar-refractivity contribution in [2.75, 3.05) is 0 Å². The third kappa shape index (κ3) is 1.95. The van der Waals surface area contributed by atoms with Crippen LogP contribution in [0.25, 0.3) is 11.5 Å². The molecule has 6 nitrogen and oxygen atoms in total. The van der Waals surface area contributed by atoms with Crippen LogP contribution in [0.5, 0.6) is 0 Å². The highest BCUT2D eigenvalue weighted by Crippen LogP contribution is 2.38. The lowest BCUT2D eigenvalue weighted by atomic mass is 10.2. The van der Waals surface area contributed by atoms with Crippen molar-refractivity contribution in [2.24, 2.45) is 18.7 Å². The number of aryl methyl sites for hydroxylation is 1. The molecular formula is C12H14N4O2. The molecule has 2 heterocycles. The monoisotopic (exact) mass is 246 g/mol. The van der Waals surface area contributed by atoms with Crippen molar-refractivity contribution in [1.82, 2.24) is 14.7 Å². The van der Waals surface area contributed by atoms with Gasteiger partial charge in [-0.25, -0.2) is 0 Å². The van der Waals surface area contributed by atoms with Crippen molar-refractivity contribution in [3.8, 4) is 11.5 Å². The van der Waals surface area contributed by atoms with Crippen LogP contribution in [0.4, 0.5) is 0 Å². The molecule has 0 radical (unpaired) electrons. The summed E-state index contributed by atoms with van der Waals surface area (Å²) in [5.41, 5.74) is 6.51. The van der Waals surface area contributed by atoms with Gasteiger partial charge in [0.2, 0.25) is 0 Å². The summed E-state index contributed by atoms with van der Waals surface area (Å²) in [7, 11) is 1.69. The predicted octanol–water partition coefficient (Wildman–Crippen LogP) is 0.845. The summed E-state index contributed by atoms with van der Waals surface area (Å²) >= 11 is 0. The van der Waals surface area contributed by atoms with E-state index in [2.05, 4.69) is 10.1 Å². The first-order chi connectivity index (χ1) is 8.65. The molecule has 1 aliphatic rings. The molecule has 2 aromatic rings. The van der Waals surface area contributed by atoms with Gasteiger partial charge in [-0.3, -0.25) is 4.79 Å². The van der Waals surface area contributed by atoms with Crippen LogP contribution < -0.4 is 11.3 Å². The first kappa shape index (κ1) is 11.2. The van der Waals surface area contributed by atoms with Crippen LogP contribution in [-0.4, -0.2) is 14.7 Å². The lowest BCUT2D eigenvalue weighted by Gasteiger charge is -2.01. The first-order valence-electron chi connectivity index (χ1n) is 5.91. The molecule has 2 N–H and O–H groups in total. The fourth-order valence-electron chi connectivity index (χ4n) is 1.84. The largest absolute Gasteiger partial charge is 0.334 e. The number of nitrogens with zero attached hydrogens (tertiary/aromatic N) is 3. The van der Waals surface area contributed by atoms with Crippen LogP contribution in [0.15, 0.2) is 27.6 Å². The summed E-state index contributed by atoms with van der Waals surface area (Å²) in [6.07, 6.45) is 3.91. The number of nitrogens with two attached hydrogens (primary N) is 1. The molecule has 0 aliphatic heterocycles. The zero-order valence-corrected chi connectivity index (χ0v) is 10.0. The Balaban J connectivity index is 1.92. The van der Waals surface area contributed by atoms with Crippen molar-refractivity contribution in [2.45, 2.75) is 18.9 Å². The van der Waals surface area contributed by atoms with Crippen LogP contribution in [0, 0.1) is 5.92 Å². The van der Waals surface area contributed by atoms with Crippen molar-refractivity contribution in [3.05, 3.63) is 34.5 Å². The van der Waals surface area contributed by atoms with Crippen LogP contribution in [0.3, 0.4) is 0 Å². The second-order valence-electron chi connectivity index (χ2n) is 4.69. The highest BCUT2D eigenvalue weighted by molar-refractivity contribution is 5.51. The smallest absolute Gasteiger partial charge is 0.258 e. The highest BCUT2D eigenvalue weighted by atomic mass is 16.5. The van der Waals surface area contributed by atoms with Gasteiger partial charge in [-0.1, -0.05) is 5.16 Å². The lowest BCUT2D eigenvalue weighted by Crippen LogP contribution is -2.14. The molecule has 1 fully saturated rings. The number of aromatic nitrogens is 3. The summed E-state index contributed by atoms with van der Waals surface area (Å²) in [6.45, 7) is 0. The van der Waals surface area contributed by atoms with E-state index in [0.29, 0.717) is 23.2 Å². The molecule has 1 saturated carbocycles. The Hall–Kier alpha value is -1.95. The summed E-state index contributed by atoms with van der Waals surface area (Å²) in [5.74, 6) is 1.34. The van der Waals surface area contributed by atoms with Gasteiger partial charge in [-0.15, -0.1) is 0 Å². The second-order valence-corrected chi connectivity index (χ2v) is 4.69. The molecule has 0 spiro atoms. The van der Waals surface area contributed by atoms with E-state index >= 15 is 0 Å². The molecule has 18 heavy (non-hydrogen) atoms. The van der Waals surface area contributed by atoms with Crippen LogP contribution >= 0.6 is 0 Å². The molecule has 6 heteroatoms. The number of pyridine rings is 1. The average molecular weight is 246 g/mol. The van der Waals surface area contributed by atoms with E-state index in [4.69, 9.17) is 10.3 Å². The zero-order valence-electron chi connectivity index (χ0n) is 10.0. The number of hydrogen-bond acceptors (Lipinski definition) is 5. The second kappa shape index (κ2) is 4.06.